The second kappa shape index (κ2) is 6.34. The molecule has 5 heteroatoms. The van der Waals surface area contributed by atoms with Crippen LogP contribution in [-0.2, 0) is 0 Å². The van der Waals surface area contributed by atoms with Crippen molar-refractivity contribution in [2.75, 3.05) is 26.2 Å². The van der Waals surface area contributed by atoms with E-state index in [0.29, 0.717) is 23.7 Å². The van der Waals surface area contributed by atoms with Gasteiger partial charge < -0.3 is 10.0 Å². The molecule has 0 bridgehead atoms. The van der Waals surface area contributed by atoms with Crippen molar-refractivity contribution in [3.05, 3.63) is 34.9 Å². The number of benzene rings is 1. The molecule has 1 N–H and O–H groups in total. The molecule has 1 aliphatic carbocycles. The predicted octanol–water partition coefficient (Wildman–Crippen LogP) is 2.01. The first-order valence-corrected chi connectivity index (χ1v) is 8.00. The van der Waals surface area contributed by atoms with Gasteiger partial charge in [-0.2, -0.15) is 0 Å². The lowest BCUT2D eigenvalue weighted by molar-refractivity contribution is 0.0316. The van der Waals surface area contributed by atoms with Gasteiger partial charge in [0.2, 0.25) is 0 Å². The number of hydrogen-bond acceptors (Lipinski definition) is 3. The number of rotatable bonds is 2. The number of piperazine rings is 1. The van der Waals surface area contributed by atoms with Crippen molar-refractivity contribution < 1.29 is 9.90 Å². The Kier molecular flexibility index (Phi) is 4.48. The molecular formula is C16H21ClN2O2. The minimum atomic E-state index is -0.198. The summed E-state index contributed by atoms with van der Waals surface area (Å²) in [5.41, 5.74) is 0.577. The largest absolute Gasteiger partial charge is 0.391 e. The van der Waals surface area contributed by atoms with E-state index in [9.17, 15) is 9.90 Å². The van der Waals surface area contributed by atoms with E-state index >= 15 is 0 Å². The lowest BCUT2D eigenvalue weighted by Crippen LogP contribution is -2.53. The van der Waals surface area contributed by atoms with Crippen LogP contribution in [0.5, 0.6) is 0 Å². The molecule has 21 heavy (non-hydrogen) atoms. The van der Waals surface area contributed by atoms with Gasteiger partial charge in [-0.05, 0) is 31.4 Å². The van der Waals surface area contributed by atoms with Crippen LogP contribution in [0.1, 0.15) is 29.6 Å². The minimum absolute atomic E-state index is 0.00669. The van der Waals surface area contributed by atoms with E-state index in [1.165, 1.54) is 0 Å². The zero-order chi connectivity index (χ0) is 14.8. The summed E-state index contributed by atoms with van der Waals surface area (Å²) in [5, 5.41) is 10.5. The van der Waals surface area contributed by atoms with Gasteiger partial charge >= 0.3 is 0 Å². The number of aliphatic hydroxyl groups is 1. The summed E-state index contributed by atoms with van der Waals surface area (Å²) in [6.07, 6.45) is 2.88. The molecule has 1 saturated carbocycles. The molecule has 1 saturated heterocycles. The van der Waals surface area contributed by atoms with Crippen molar-refractivity contribution in [1.29, 1.82) is 0 Å². The fourth-order valence-corrected chi connectivity index (χ4v) is 3.63. The molecule has 1 aliphatic heterocycles. The molecule has 2 aliphatic rings. The van der Waals surface area contributed by atoms with Crippen molar-refractivity contribution >= 4 is 17.5 Å². The van der Waals surface area contributed by atoms with Crippen LogP contribution < -0.4 is 0 Å². The Bertz CT molecular complexity index is 515. The standard InChI is InChI=1S/C16H21ClN2O2/c17-13-5-2-1-4-12(13)16(21)19-10-8-18(9-11-19)14-6-3-7-15(14)20/h1-2,4-5,14-15,20H,3,6-11H2/t14-,15+/m1/s1. The average Bonchev–Trinajstić information content (AvgIpc) is 2.93. The Hall–Kier alpha value is -1.10. The lowest BCUT2D eigenvalue weighted by atomic mass is 10.1. The third-order valence-corrected chi connectivity index (χ3v) is 4.95. The monoisotopic (exact) mass is 308 g/mol. The number of carbonyl (C=O) groups is 1. The van der Waals surface area contributed by atoms with E-state index in [1.54, 1.807) is 12.1 Å². The molecule has 1 amide bonds. The molecule has 0 spiro atoms. The average molecular weight is 309 g/mol. The third-order valence-electron chi connectivity index (χ3n) is 4.62. The lowest BCUT2D eigenvalue weighted by Gasteiger charge is -2.39. The number of carbonyl (C=O) groups excluding carboxylic acids is 1. The van der Waals surface area contributed by atoms with E-state index in [-0.39, 0.29) is 18.1 Å². The highest BCUT2D eigenvalue weighted by atomic mass is 35.5. The van der Waals surface area contributed by atoms with E-state index in [1.807, 2.05) is 17.0 Å². The van der Waals surface area contributed by atoms with Gasteiger partial charge in [0.1, 0.15) is 0 Å². The maximum Gasteiger partial charge on any atom is 0.255 e. The molecule has 1 aromatic rings. The van der Waals surface area contributed by atoms with Crippen LogP contribution in [-0.4, -0.2) is 59.1 Å². The second-order valence-electron chi connectivity index (χ2n) is 5.87. The molecule has 114 valence electrons. The maximum absolute atomic E-state index is 12.5. The summed E-state index contributed by atoms with van der Waals surface area (Å²) < 4.78 is 0. The normalized spacial score (nSPS) is 27.0. The number of aliphatic hydroxyl groups excluding tert-OH is 1. The van der Waals surface area contributed by atoms with Gasteiger partial charge in [0.15, 0.2) is 0 Å². The van der Waals surface area contributed by atoms with Gasteiger partial charge in [0, 0.05) is 32.2 Å². The van der Waals surface area contributed by atoms with Gasteiger partial charge in [-0.25, -0.2) is 0 Å². The molecule has 1 aromatic carbocycles. The second-order valence-corrected chi connectivity index (χ2v) is 6.28. The Balaban J connectivity index is 1.61. The highest BCUT2D eigenvalue weighted by Gasteiger charge is 2.33. The van der Waals surface area contributed by atoms with Crippen molar-refractivity contribution in [2.45, 2.75) is 31.4 Å². The molecule has 2 atom stereocenters. The summed E-state index contributed by atoms with van der Waals surface area (Å²) in [7, 11) is 0. The van der Waals surface area contributed by atoms with Crippen LogP contribution in [0.25, 0.3) is 0 Å². The minimum Gasteiger partial charge on any atom is -0.391 e. The SMILES string of the molecule is O=C(c1ccccc1Cl)N1CCN([C@@H]2CCC[C@@H]2O)CC1. The smallest absolute Gasteiger partial charge is 0.255 e. The molecular weight excluding hydrogens is 288 g/mol. The maximum atomic E-state index is 12.5. The molecule has 2 fully saturated rings. The zero-order valence-corrected chi connectivity index (χ0v) is 12.8. The van der Waals surface area contributed by atoms with Crippen LogP contribution in [0.3, 0.4) is 0 Å². The van der Waals surface area contributed by atoms with E-state index < -0.39 is 0 Å². The predicted molar refractivity (Wildman–Crippen MR) is 82.6 cm³/mol. The van der Waals surface area contributed by atoms with E-state index in [0.717, 1.165) is 32.4 Å². The fourth-order valence-electron chi connectivity index (χ4n) is 3.41. The Morgan fingerprint density at radius 3 is 2.48 bits per heavy atom. The van der Waals surface area contributed by atoms with E-state index in [2.05, 4.69) is 4.90 Å². The van der Waals surface area contributed by atoms with E-state index in [4.69, 9.17) is 11.6 Å². The highest BCUT2D eigenvalue weighted by molar-refractivity contribution is 6.33. The molecule has 3 rings (SSSR count). The third kappa shape index (κ3) is 3.07. The fraction of sp³-hybridized carbons (Fsp3) is 0.562. The van der Waals surface area contributed by atoms with Gasteiger partial charge in [0.05, 0.1) is 16.7 Å². The summed E-state index contributed by atoms with van der Waals surface area (Å²) in [6.45, 7) is 3.07. The zero-order valence-electron chi connectivity index (χ0n) is 12.0. The Morgan fingerprint density at radius 2 is 1.86 bits per heavy atom. The molecule has 0 radical (unpaired) electrons. The summed E-state index contributed by atoms with van der Waals surface area (Å²) in [5.74, 6) is 0.00669. The first-order chi connectivity index (χ1) is 10.2. The van der Waals surface area contributed by atoms with Crippen molar-refractivity contribution in [3.8, 4) is 0 Å². The molecule has 0 aromatic heterocycles. The number of halogens is 1. The number of hydrogen-bond donors (Lipinski definition) is 1. The van der Waals surface area contributed by atoms with Crippen LogP contribution in [0.15, 0.2) is 24.3 Å². The molecule has 0 unspecified atom stereocenters. The quantitative estimate of drug-likeness (QED) is 0.909. The highest BCUT2D eigenvalue weighted by Crippen LogP contribution is 2.25. The van der Waals surface area contributed by atoms with Crippen LogP contribution in [0.2, 0.25) is 5.02 Å². The van der Waals surface area contributed by atoms with Crippen molar-refractivity contribution in [2.24, 2.45) is 0 Å². The summed E-state index contributed by atoms with van der Waals surface area (Å²) in [6, 6.07) is 7.48. The number of amides is 1. The van der Waals surface area contributed by atoms with Crippen LogP contribution in [0, 0.1) is 0 Å². The van der Waals surface area contributed by atoms with Crippen molar-refractivity contribution in [1.82, 2.24) is 9.80 Å². The van der Waals surface area contributed by atoms with Crippen LogP contribution in [0.4, 0.5) is 0 Å². The molecule has 1 heterocycles. The van der Waals surface area contributed by atoms with Crippen molar-refractivity contribution in [3.63, 3.8) is 0 Å². The molecule has 4 nitrogen and oxygen atoms in total. The Morgan fingerprint density at radius 1 is 1.14 bits per heavy atom. The van der Waals surface area contributed by atoms with Gasteiger partial charge in [-0.3, -0.25) is 9.69 Å². The van der Waals surface area contributed by atoms with Gasteiger partial charge in [-0.1, -0.05) is 23.7 Å². The van der Waals surface area contributed by atoms with Gasteiger partial charge in [-0.15, -0.1) is 0 Å². The topological polar surface area (TPSA) is 43.8 Å². The first kappa shape index (κ1) is 14.8. The summed E-state index contributed by atoms with van der Waals surface area (Å²) in [4.78, 5) is 16.7. The number of nitrogens with zero attached hydrogens (tertiary/aromatic N) is 2. The van der Waals surface area contributed by atoms with Gasteiger partial charge in [0.25, 0.3) is 5.91 Å². The first-order valence-electron chi connectivity index (χ1n) is 7.63. The van der Waals surface area contributed by atoms with Crippen LogP contribution >= 0.6 is 11.6 Å². The summed E-state index contributed by atoms with van der Waals surface area (Å²) >= 11 is 6.10. The Labute approximate surface area is 130 Å².